The Balaban J connectivity index is 1.02. The van der Waals surface area contributed by atoms with Gasteiger partial charge in [0, 0.05) is 0 Å². The van der Waals surface area contributed by atoms with Gasteiger partial charge in [0.1, 0.15) is 0 Å². The fourth-order valence-corrected chi connectivity index (χ4v) is 8.88. The SMILES string of the molecule is C=C(C)CC1CCC(C2CCC(CCCCC3CCC(C4CCC(C)CC4)CC3)CC2)CC1. The van der Waals surface area contributed by atoms with Gasteiger partial charge in [-0.05, 0) is 125 Å². The van der Waals surface area contributed by atoms with Crippen LogP contribution in [0, 0.1) is 47.3 Å². The number of allylic oxidation sites excluding steroid dienone is 1. The molecule has 0 heterocycles. The molecule has 0 aromatic rings. The van der Waals surface area contributed by atoms with Gasteiger partial charge < -0.3 is 0 Å². The second-order valence-corrected chi connectivity index (χ2v) is 13.8. The molecule has 4 aliphatic rings. The Kier molecular flexibility index (Phi) is 10.3. The molecule has 0 amide bonds. The highest BCUT2D eigenvalue weighted by Gasteiger charge is 2.31. The lowest BCUT2D eigenvalue weighted by molar-refractivity contribution is 0.139. The van der Waals surface area contributed by atoms with Crippen molar-refractivity contribution >= 4 is 0 Å². The molecule has 0 heteroatoms. The average Bonchev–Trinajstić information content (AvgIpc) is 2.83. The Bertz CT molecular complexity index is 543. The first-order valence-electron chi connectivity index (χ1n) is 15.7. The quantitative estimate of drug-likeness (QED) is 0.240. The standard InChI is InChI=1S/C33H58/c1-25(2)24-29-14-22-33(23-15-29)32-20-12-28(13-21-32)7-5-4-6-27-10-18-31(19-11-27)30-16-8-26(3)9-17-30/h26-33H,1,4-24H2,2-3H3. The van der Waals surface area contributed by atoms with Crippen LogP contribution in [0.15, 0.2) is 12.2 Å². The molecule has 190 valence electrons. The minimum Gasteiger partial charge on any atom is -0.100 e. The number of unbranched alkanes of at least 4 members (excludes halogenated alkanes) is 1. The van der Waals surface area contributed by atoms with Crippen LogP contribution in [-0.2, 0) is 0 Å². The molecule has 0 saturated heterocycles. The monoisotopic (exact) mass is 454 g/mol. The summed E-state index contributed by atoms with van der Waals surface area (Å²) in [6, 6.07) is 0. The molecule has 0 spiro atoms. The van der Waals surface area contributed by atoms with Crippen LogP contribution >= 0.6 is 0 Å². The molecule has 4 fully saturated rings. The molecule has 4 saturated carbocycles. The second kappa shape index (κ2) is 13.2. The first kappa shape index (κ1) is 25.8. The van der Waals surface area contributed by atoms with Crippen molar-refractivity contribution in [2.45, 2.75) is 149 Å². The number of hydrogen-bond acceptors (Lipinski definition) is 0. The summed E-state index contributed by atoms with van der Waals surface area (Å²) in [4.78, 5) is 0. The first-order valence-corrected chi connectivity index (χ1v) is 15.7. The molecule has 0 aromatic heterocycles. The molecule has 0 nitrogen and oxygen atoms in total. The summed E-state index contributed by atoms with van der Waals surface area (Å²) in [5.41, 5.74) is 1.40. The van der Waals surface area contributed by atoms with E-state index in [-0.39, 0.29) is 0 Å². The molecular weight excluding hydrogens is 396 g/mol. The van der Waals surface area contributed by atoms with Crippen LogP contribution < -0.4 is 0 Å². The van der Waals surface area contributed by atoms with Crippen molar-refractivity contribution in [1.82, 2.24) is 0 Å². The Morgan fingerprint density at radius 3 is 1.21 bits per heavy atom. The Morgan fingerprint density at radius 2 is 0.848 bits per heavy atom. The van der Waals surface area contributed by atoms with Gasteiger partial charge in [-0.15, -0.1) is 6.58 Å². The summed E-state index contributed by atoms with van der Waals surface area (Å²) in [6.07, 6.45) is 32.1. The van der Waals surface area contributed by atoms with Gasteiger partial charge >= 0.3 is 0 Å². The van der Waals surface area contributed by atoms with E-state index in [1.165, 1.54) is 63.4 Å². The first-order chi connectivity index (χ1) is 16.1. The van der Waals surface area contributed by atoms with Crippen LogP contribution in [0.1, 0.15) is 149 Å². The molecule has 4 aliphatic carbocycles. The van der Waals surface area contributed by atoms with E-state index in [1.54, 1.807) is 77.0 Å². The van der Waals surface area contributed by atoms with E-state index >= 15 is 0 Å². The van der Waals surface area contributed by atoms with Gasteiger partial charge in [-0.2, -0.15) is 0 Å². The molecule has 0 bridgehead atoms. The van der Waals surface area contributed by atoms with E-state index in [4.69, 9.17) is 0 Å². The Labute approximate surface area is 208 Å². The smallest absolute Gasteiger partial charge is 0.0297 e. The van der Waals surface area contributed by atoms with E-state index < -0.39 is 0 Å². The second-order valence-electron chi connectivity index (χ2n) is 13.8. The van der Waals surface area contributed by atoms with Crippen molar-refractivity contribution in [2.75, 3.05) is 0 Å². The maximum absolute atomic E-state index is 4.15. The van der Waals surface area contributed by atoms with Crippen LogP contribution in [0.2, 0.25) is 0 Å². The summed E-state index contributed by atoms with van der Waals surface area (Å²) >= 11 is 0. The minimum absolute atomic E-state index is 0.959. The highest BCUT2D eigenvalue weighted by Crippen LogP contribution is 2.44. The van der Waals surface area contributed by atoms with Crippen molar-refractivity contribution in [3.8, 4) is 0 Å². The third-order valence-electron chi connectivity index (χ3n) is 11.2. The van der Waals surface area contributed by atoms with Gasteiger partial charge in [0.05, 0.1) is 0 Å². The van der Waals surface area contributed by atoms with Crippen LogP contribution in [0.5, 0.6) is 0 Å². The molecule has 0 atom stereocenters. The summed E-state index contributed by atoms with van der Waals surface area (Å²) in [5.74, 6) is 8.48. The topological polar surface area (TPSA) is 0 Å². The largest absolute Gasteiger partial charge is 0.100 e. The zero-order chi connectivity index (χ0) is 23.0. The predicted molar refractivity (Wildman–Crippen MR) is 145 cm³/mol. The molecule has 0 unspecified atom stereocenters. The van der Waals surface area contributed by atoms with Crippen LogP contribution in [-0.4, -0.2) is 0 Å². The zero-order valence-corrected chi connectivity index (χ0v) is 22.7. The fraction of sp³-hybridized carbons (Fsp3) is 0.939. The van der Waals surface area contributed by atoms with Gasteiger partial charge in [0.2, 0.25) is 0 Å². The van der Waals surface area contributed by atoms with E-state index in [0.29, 0.717) is 0 Å². The van der Waals surface area contributed by atoms with Crippen molar-refractivity contribution in [1.29, 1.82) is 0 Å². The number of rotatable bonds is 9. The third-order valence-corrected chi connectivity index (χ3v) is 11.2. The van der Waals surface area contributed by atoms with E-state index in [9.17, 15) is 0 Å². The van der Waals surface area contributed by atoms with Gasteiger partial charge in [0.15, 0.2) is 0 Å². The Morgan fingerprint density at radius 1 is 0.515 bits per heavy atom. The van der Waals surface area contributed by atoms with Gasteiger partial charge in [-0.1, -0.05) is 76.7 Å². The molecule has 4 rings (SSSR count). The fourth-order valence-electron chi connectivity index (χ4n) is 8.88. The van der Waals surface area contributed by atoms with Crippen LogP contribution in [0.25, 0.3) is 0 Å². The molecule has 0 aromatic carbocycles. The van der Waals surface area contributed by atoms with E-state index in [2.05, 4.69) is 20.4 Å². The maximum Gasteiger partial charge on any atom is -0.0297 e. The third kappa shape index (κ3) is 8.14. The normalized spacial score (nSPS) is 40.4. The lowest BCUT2D eigenvalue weighted by Gasteiger charge is -2.38. The number of hydrogen-bond donors (Lipinski definition) is 0. The molecule has 0 aliphatic heterocycles. The van der Waals surface area contributed by atoms with Gasteiger partial charge in [-0.3, -0.25) is 0 Å². The lowest BCUT2D eigenvalue weighted by atomic mass is 9.68. The highest BCUT2D eigenvalue weighted by atomic mass is 14.4. The molecule has 0 radical (unpaired) electrons. The maximum atomic E-state index is 4.15. The van der Waals surface area contributed by atoms with Crippen LogP contribution in [0.3, 0.4) is 0 Å². The van der Waals surface area contributed by atoms with Crippen molar-refractivity contribution in [3.63, 3.8) is 0 Å². The van der Waals surface area contributed by atoms with E-state index in [1.807, 2.05) is 0 Å². The molecular formula is C33H58. The molecule has 0 N–H and O–H groups in total. The zero-order valence-electron chi connectivity index (χ0n) is 22.7. The highest BCUT2D eigenvalue weighted by molar-refractivity contribution is 4.92. The van der Waals surface area contributed by atoms with Gasteiger partial charge in [0.25, 0.3) is 0 Å². The van der Waals surface area contributed by atoms with E-state index in [0.717, 1.165) is 47.3 Å². The van der Waals surface area contributed by atoms with Crippen LogP contribution in [0.4, 0.5) is 0 Å². The lowest BCUT2D eigenvalue weighted by Crippen LogP contribution is -2.26. The van der Waals surface area contributed by atoms with Crippen molar-refractivity contribution in [3.05, 3.63) is 12.2 Å². The van der Waals surface area contributed by atoms with Gasteiger partial charge in [-0.25, -0.2) is 0 Å². The Hall–Kier alpha value is -0.260. The van der Waals surface area contributed by atoms with Crippen molar-refractivity contribution < 1.29 is 0 Å². The average molecular weight is 455 g/mol. The predicted octanol–water partition coefficient (Wildman–Crippen LogP) is 10.8. The summed E-state index contributed by atoms with van der Waals surface area (Å²) in [7, 11) is 0. The summed E-state index contributed by atoms with van der Waals surface area (Å²) < 4.78 is 0. The molecule has 33 heavy (non-hydrogen) atoms. The minimum atomic E-state index is 0.959. The van der Waals surface area contributed by atoms with Crippen molar-refractivity contribution in [2.24, 2.45) is 47.3 Å². The summed E-state index contributed by atoms with van der Waals surface area (Å²) in [5, 5.41) is 0. The summed E-state index contributed by atoms with van der Waals surface area (Å²) in [6.45, 7) is 8.83.